The molecule has 6 nitrogen and oxygen atoms in total. The zero-order chi connectivity index (χ0) is 13.5. The summed E-state index contributed by atoms with van der Waals surface area (Å²) in [6, 6.07) is 0. The number of halogens is 1. The third-order valence-corrected chi connectivity index (χ3v) is 3.21. The van der Waals surface area contributed by atoms with Gasteiger partial charge in [0.1, 0.15) is 4.47 Å². The lowest BCUT2D eigenvalue weighted by Gasteiger charge is -2.12. The molecule has 0 aliphatic carbocycles. The van der Waals surface area contributed by atoms with Gasteiger partial charge >= 0.3 is 0 Å². The van der Waals surface area contributed by atoms with Crippen LogP contribution in [0.25, 0.3) is 0 Å². The number of rotatable bonds is 7. The second-order valence-corrected chi connectivity index (χ2v) is 5.07. The molecule has 0 unspecified atom stereocenters. The number of nitrogens with one attached hydrogen (secondary N) is 1. The highest BCUT2D eigenvalue weighted by atomic mass is 79.9. The Bertz CT molecular complexity index is 432. The molecule has 1 aromatic heterocycles. The molecule has 1 rings (SSSR count). The molecule has 0 aromatic carbocycles. The summed E-state index contributed by atoms with van der Waals surface area (Å²) in [6.07, 6.45) is 2.52. The van der Waals surface area contributed by atoms with E-state index in [2.05, 4.69) is 26.3 Å². The fourth-order valence-electron chi connectivity index (χ4n) is 1.37. The maximum atomic E-state index is 12.0. The normalized spacial score (nSPS) is 10.9. The summed E-state index contributed by atoms with van der Waals surface area (Å²) < 4.78 is 1.98. The van der Waals surface area contributed by atoms with Crippen molar-refractivity contribution in [1.82, 2.24) is 14.7 Å². The van der Waals surface area contributed by atoms with E-state index < -0.39 is 0 Å². The van der Waals surface area contributed by atoms with Crippen molar-refractivity contribution in [2.75, 3.05) is 39.0 Å². The molecule has 3 N–H and O–H groups in total. The fraction of sp³-hybridized carbons (Fsp3) is 0.636. The van der Waals surface area contributed by atoms with E-state index in [4.69, 9.17) is 5.73 Å². The van der Waals surface area contributed by atoms with Gasteiger partial charge in [-0.15, -0.1) is 0 Å². The van der Waals surface area contributed by atoms with Crippen LogP contribution in [-0.2, 0) is 6.54 Å². The molecule has 1 heterocycles. The summed E-state index contributed by atoms with van der Waals surface area (Å²) in [5, 5.41) is 7.28. The van der Waals surface area contributed by atoms with Gasteiger partial charge in [-0.05, 0) is 43.0 Å². The zero-order valence-electron chi connectivity index (χ0n) is 10.8. The average Bonchev–Trinajstić information content (AvgIpc) is 2.33. The number of hydrogen-bond acceptors (Lipinski definition) is 5. The topological polar surface area (TPSA) is 76.2 Å². The molecule has 0 atom stereocenters. The van der Waals surface area contributed by atoms with Gasteiger partial charge in [0, 0.05) is 13.1 Å². The van der Waals surface area contributed by atoms with Gasteiger partial charge in [-0.2, -0.15) is 5.10 Å². The number of nitrogens with two attached hydrogens (primary N) is 1. The number of nitrogens with zero attached hydrogens (tertiary/aromatic N) is 3. The molecule has 7 heteroatoms. The standard InChI is InChI=1S/C11H20BrN5O/c1-16(2)6-7-17-11(18)10(12)9(8-15-17)14-5-3-4-13/h8,14H,3-7,13H2,1-2H3. The molecule has 0 radical (unpaired) electrons. The minimum absolute atomic E-state index is 0.116. The molecule has 0 fully saturated rings. The third-order valence-electron chi connectivity index (χ3n) is 2.44. The van der Waals surface area contributed by atoms with E-state index in [1.54, 1.807) is 6.20 Å². The van der Waals surface area contributed by atoms with Crippen molar-refractivity contribution in [3.05, 3.63) is 21.0 Å². The molecular formula is C11H20BrN5O. The first kappa shape index (κ1) is 15.1. The first-order chi connectivity index (χ1) is 8.56. The zero-order valence-corrected chi connectivity index (χ0v) is 12.4. The highest BCUT2D eigenvalue weighted by molar-refractivity contribution is 9.10. The van der Waals surface area contributed by atoms with E-state index >= 15 is 0 Å². The van der Waals surface area contributed by atoms with Crippen LogP contribution in [0.1, 0.15) is 6.42 Å². The Balaban J connectivity index is 2.75. The van der Waals surface area contributed by atoms with Crippen molar-refractivity contribution >= 4 is 21.6 Å². The maximum Gasteiger partial charge on any atom is 0.283 e. The minimum Gasteiger partial charge on any atom is -0.383 e. The largest absolute Gasteiger partial charge is 0.383 e. The lowest BCUT2D eigenvalue weighted by molar-refractivity contribution is 0.367. The molecular weight excluding hydrogens is 298 g/mol. The van der Waals surface area contributed by atoms with E-state index in [9.17, 15) is 4.79 Å². The SMILES string of the molecule is CN(C)CCn1ncc(NCCCN)c(Br)c1=O. The Labute approximate surface area is 115 Å². The van der Waals surface area contributed by atoms with Gasteiger partial charge in [0.15, 0.2) is 0 Å². The van der Waals surface area contributed by atoms with Crippen LogP contribution >= 0.6 is 15.9 Å². The van der Waals surface area contributed by atoms with Crippen LogP contribution in [0.4, 0.5) is 5.69 Å². The summed E-state index contributed by atoms with van der Waals surface area (Å²) in [4.78, 5) is 14.0. The Morgan fingerprint density at radius 3 is 2.89 bits per heavy atom. The Morgan fingerprint density at radius 2 is 2.28 bits per heavy atom. The molecule has 0 amide bonds. The van der Waals surface area contributed by atoms with Gasteiger partial charge in [-0.1, -0.05) is 0 Å². The Kier molecular flexibility index (Phi) is 6.31. The Hall–Kier alpha value is -0.920. The molecule has 0 bridgehead atoms. The smallest absolute Gasteiger partial charge is 0.283 e. The number of likely N-dealkylation sites (N-methyl/N-ethyl adjacent to an activating group) is 1. The first-order valence-electron chi connectivity index (χ1n) is 5.90. The van der Waals surface area contributed by atoms with Crippen LogP contribution in [0.5, 0.6) is 0 Å². The molecule has 0 saturated heterocycles. The molecule has 18 heavy (non-hydrogen) atoms. The second-order valence-electron chi connectivity index (χ2n) is 4.27. The summed E-state index contributed by atoms with van der Waals surface area (Å²) in [5.74, 6) is 0. The summed E-state index contributed by atoms with van der Waals surface area (Å²) in [5.41, 5.74) is 6.02. The highest BCUT2D eigenvalue weighted by Crippen LogP contribution is 2.15. The fourth-order valence-corrected chi connectivity index (χ4v) is 1.81. The highest BCUT2D eigenvalue weighted by Gasteiger charge is 2.08. The predicted octanol–water partition coefficient (Wildman–Crippen LogP) is 0.328. The van der Waals surface area contributed by atoms with Crippen molar-refractivity contribution < 1.29 is 0 Å². The van der Waals surface area contributed by atoms with Crippen LogP contribution in [0.3, 0.4) is 0 Å². The van der Waals surface area contributed by atoms with Gasteiger partial charge < -0.3 is 16.0 Å². The molecule has 0 aliphatic rings. The van der Waals surface area contributed by atoms with Crippen molar-refractivity contribution in [2.24, 2.45) is 5.73 Å². The van der Waals surface area contributed by atoms with E-state index in [0.717, 1.165) is 25.2 Å². The molecule has 102 valence electrons. The molecule has 0 aliphatic heterocycles. The van der Waals surface area contributed by atoms with Crippen molar-refractivity contribution in [1.29, 1.82) is 0 Å². The van der Waals surface area contributed by atoms with Crippen molar-refractivity contribution in [2.45, 2.75) is 13.0 Å². The summed E-state index contributed by atoms with van der Waals surface area (Å²) in [6.45, 7) is 2.71. The van der Waals surface area contributed by atoms with Crippen LogP contribution in [0.2, 0.25) is 0 Å². The van der Waals surface area contributed by atoms with E-state index in [-0.39, 0.29) is 5.56 Å². The maximum absolute atomic E-state index is 12.0. The molecule has 0 saturated carbocycles. The van der Waals surface area contributed by atoms with Crippen LogP contribution in [0, 0.1) is 0 Å². The summed E-state index contributed by atoms with van der Waals surface area (Å²) in [7, 11) is 3.92. The lowest BCUT2D eigenvalue weighted by Crippen LogP contribution is -2.29. The molecule has 1 aromatic rings. The Morgan fingerprint density at radius 1 is 1.56 bits per heavy atom. The first-order valence-corrected chi connectivity index (χ1v) is 6.70. The number of anilines is 1. The molecule has 0 spiro atoms. The van der Waals surface area contributed by atoms with Crippen molar-refractivity contribution in [3.8, 4) is 0 Å². The van der Waals surface area contributed by atoms with Crippen molar-refractivity contribution in [3.63, 3.8) is 0 Å². The van der Waals surface area contributed by atoms with Gasteiger partial charge in [0.05, 0.1) is 18.4 Å². The quantitative estimate of drug-likeness (QED) is 0.709. The minimum atomic E-state index is -0.116. The van der Waals surface area contributed by atoms with Crippen LogP contribution in [0.15, 0.2) is 15.5 Å². The van der Waals surface area contributed by atoms with Gasteiger partial charge in [-0.3, -0.25) is 4.79 Å². The third kappa shape index (κ3) is 4.40. The lowest BCUT2D eigenvalue weighted by atomic mass is 10.4. The summed E-state index contributed by atoms with van der Waals surface area (Å²) >= 11 is 3.31. The van der Waals surface area contributed by atoms with Gasteiger partial charge in [-0.25, -0.2) is 4.68 Å². The van der Waals surface area contributed by atoms with Gasteiger partial charge in [0.25, 0.3) is 5.56 Å². The number of aromatic nitrogens is 2. The van der Waals surface area contributed by atoms with Crippen LogP contribution in [-0.4, -0.2) is 48.4 Å². The average molecular weight is 318 g/mol. The van der Waals surface area contributed by atoms with E-state index in [0.29, 0.717) is 17.6 Å². The predicted molar refractivity (Wildman–Crippen MR) is 76.9 cm³/mol. The van der Waals surface area contributed by atoms with E-state index in [1.807, 2.05) is 19.0 Å². The monoisotopic (exact) mass is 317 g/mol. The van der Waals surface area contributed by atoms with Gasteiger partial charge in [0.2, 0.25) is 0 Å². The number of hydrogen-bond donors (Lipinski definition) is 2. The van der Waals surface area contributed by atoms with E-state index in [1.165, 1.54) is 4.68 Å². The second kappa shape index (κ2) is 7.50. The van der Waals surface area contributed by atoms with Crippen LogP contribution < -0.4 is 16.6 Å².